The average Bonchev–Trinajstić information content (AvgIpc) is 3.16. The third-order valence-electron chi connectivity index (χ3n) is 4.35. The number of carbonyl (C=O) groups is 1. The minimum Gasteiger partial charge on any atom is -0.393 e. The van der Waals surface area contributed by atoms with Gasteiger partial charge in [0.15, 0.2) is 0 Å². The lowest BCUT2D eigenvalue weighted by atomic mass is 10.0. The second-order valence-electron chi connectivity index (χ2n) is 6.45. The van der Waals surface area contributed by atoms with Crippen LogP contribution in [0.1, 0.15) is 44.3 Å². The Labute approximate surface area is 141 Å². The number of anilines is 1. The number of carbonyl (C=O) groups excluding carboxylic acids is 1. The standard InChI is InChI=1S/C16H24N6O2/c1-12(23)5-3-6-13-10-22(19-18-13)15-7-4-8-21(16(15)24)14-9-17-20(2)11-14/h9-12,15,23H,3-8H2,1-2H3. The minimum atomic E-state index is -0.308. The Balaban J connectivity index is 1.68. The molecule has 3 heterocycles. The van der Waals surface area contributed by atoms with Gasteiger partial charge in [0.25, 0.3) is 5.91 Å². The first-order valence-electron chi connectivity index (χ1n) is 8.43. The Bertz CT molecular complexity index is 692. The van der Waals surface area contributed by atoms with Crippen molar-refractivity contribution in [3.8, 4) is 0 Å². The van der Waals surface area contributed by atoms with E-state index in [-0.39, 0.29) is 18.1 Å². The molecule has 2 aromatic rings. The molecule has 0 saturated carbocycles. The lowest BCUT2D eigenvalue weighted by molar-refractivity contribution is -0.123. The molecular weight excluding hydrogens is 308 g/mol. The molecule has 0 spiro atoms. The molecule has 3 rings (SSSR count). The second kappa shape index (κ2) is 7.12. The van der Waals surface area contributed by atoms with Crippen LogP contribution in [0.2, 0.25) is 0 Å². The van der Waals surface area contributed by atoms with Crippen LogP contribution in [0.4, 0.5) is 5.69 Å². The molecule has 130 valence electrons. The van der Waals surface area contributed by atoms with Gasteiger partial charge in [0.2, 0.25) is 0 Å². The molecule has 24 heavy (non-hydrogen) atoms. The van der Waals surface area contributed by atoms with Crippen molar-refractivity contribution in [2.24, 2.45) is 7.05 Å². The molecule has 1 N–H and O–H groups in total. The number of aryl methyl sites for hydroxylation is 2. The number of amides is 1. The van der Waals surface area contributed by atoms with Crippen LogP contribution in [0, 0.1) is 0 Å². The summed E-state index contributed by atoms with van der Waals surface area (Å²) in [5, 5.41) is 21.8. The van der Waals surface area contributed by atoms with Gasteiger partial charge in [-0.15, -0.1) is 5.10 Å². The summed E-state index contributed by atoms with van der Waals surface area (Å²) in [4.78, 5) is 14.6. The quantitative estimate of drug-likeness (QED) is 0.855. The highest BCUT2D eigenvalue weighted by atomic mass is 16.3. The molecule has 1 saturated heterocycles. The maximum Gasteiger partial charge on any atom is 0.251 e. The van der Waals surface area contributed by atoms with Gasteiger partial charge in [-0.2, -0.15) is 5.10 Å². The largest absolute Gasteiger partial charge is 0.393 e. The van der Waals surface area contributed by atoms with E-state index in [1.165, 1.54) is 0 Å². The lowest BCUT2D eigenvalue weighted by Crippen LogP contribution is -2.42. The molecular formula is C16H24N6O2. The number of piperidine rings is 1. The first-order valence-corrected chi connectivity index (χ1v) is 8.43. The molecule has 1 fully saturated rings. The molecule has 1 amide bonds. The van der Waals surface area contributed by atoms with Crippen molar-refractivity contribution in [2.75, 3.05) is 11.4 Å². The minimum absolute atomic E-state index is 0.0367. The lowest BCUT2D eigenvalue weighted by Gasteiger charge is -2.31. The zero-order chi connectivity index (χ0) is 17.1. The van der Waals surface area contributed by atoms with Crippen LogP contribution < -0.4 is 4.90 Å². The van der Waals surface area contributed by atoms with Crippen molar-refractivity contribution in [3.63, 3.8) is 0 Å². The summed E-state index contributed by atoms with van der Waals surface area (Å²) in [5.41, 5.74) is 1.69. The smallest absolute Gasteiger partial charge is 0.251 e. The molecule has 1 aliphatic heterocycles. The fourth-order valence-electron chi connectivity index (χ4n) is 3.06. The van der Waals surface area contributed by atoms with Crippen molar-refractivity contribution in [3.05, 3.63) is 24.3 Å². The molecule has 2 atom stereocenters. The fourth-order valence-corrected chi connectivity index (χ4v) is 3.06. The third kappa shape index (κ3) is 3.64. The van der Waals surface area contributed by atoms with Gasteiger partial charge in [0.1, 0.15) is 6.04 Å². The number of aliphatic hydroxyl groups excluding tert-OH is 1. The number of aliphatic hydroxyl groups is 1. The number of nitrogens with zero attached hydrogens (tertiary/aromatic N) is 6. The summed E-state index contributed by atoms with van der Waals surface area (Å²) in [6.45, 7) is 2.49. The van der Waals surface area contributed by atoms with E-state index in [1.807, 2.05) is 19.4 Å². The summed E-state index contributed by atoms with van der Waals surface area (Å²) in [5.74, 6) is 0.0367. The average molecular weight is 332 g/mol. The van der Waals surface area contributed by atoms with Crippen molar-refractivity contribution in [1.29, 1.82) is 0 Å². The van der Waals surface area contributed by atoms with Gasteiger partial charge in [0, 0.05) is 26.0 Å². The van der Waals surface area contributed by atoms with Crippen LogP contribution in [0.3, 0.4) is 0 Å². The van der Waals surface area contributed by atoms with E-state index in [1.54, 1.807) is 27.4 Å². The molecule has 0 radical (unpaired) electrons. The summed E-state index contributed by atoms with van der Waals surface area (Å²) in [6, 6.07) is -0.308. The van der Waals surface area contributed by atoms with Gasteiger partial charge in [-0.05, 0) is 39.0 Å². The predicted molar refractivity (Wildman–Crippen MR) is 88.5 cm³/mol. The molecule has 2 aromatic heterocycles. The molecule has 0 aromatic carbocycles. The second-order valence-corrected chi connectivity index (χ2v) is 6.45. The Morgan fingerprint density at radius 1 is 1.42 bits per heavy atom. The van der Waals surface area contributed by atoms with Gasteiger partial charge in [0.05, 0.1) is 23.7 Å². The highest BCUT2D eigenvalue weighted by molar-refractivity contribution is 5.96. The molecule has 0 aliphatic carbocycles. The van der Waals surface area contributed by atoms with E-state index in [0.717, 1.165) is 43.5 Å². The van der Waals surface area contributed by atoms with Crippen LogP contribution in [-0.4, -0.2) is 48.4 Å². The van der Waals surface area contributed by atoms with E-state index in [4.69, 9.17) is 0 Å². The van der Waals surface area contributed by atoms with Crippen LogP contribution in [0.25, 0.3) is 0 Å². The Morgan fingerprint density at radius 3 is 2.96 bits per heavy atom. The maximum absolute atomic E-state index is 12.8. The van der Waals surface area contributed by atoms with Gasteiger partial charge in [-0.3, -0.25) is 9.48 Å². The predicted octanol–water partition coefficient (Wildman–Crippen LogP) is 1.08. The summed E-state index contributed by atoms with van der Waals surface area (Å²) in [7, 11) is 1.84. The molecule has 8 heteroatoms. The summed E-state index contributed by atoms with van der Waals surface area (Å²) >= 11 is 0. The van der Waals surface area contributed by atoms with Crippen molar-refractivity contribution in [2.45, 2.75) is 51.2 Å². The normalized spacial score (nSPS) is 19.7. The van der Waals surface area contributed by atoms with Crippen molar-refractivity contribution >= 4 is 11.6 Å². The molecule has 8 nitrogen and oxygen atoms in total. The number of aromatic nitrogens is 5. The monoisotopic (exact) mass is 332 g/mol. The Hall–Kier alpha value is -2.22. The van der Waals surface area contributed by atoms with Crippen molar-refractivity contribution in [1.82, 2.24) is 24.8 Å². The Morgan fingerprint density at radius 2 is 2.25 bits per heavy atom. The molecule has 2 unspecified atom stereocenters. The highest BCUT2D eigenvalue weighted by Crippen LogP contribution is 2.26. The first kappa shape index (κ1) is 16.6. The number of hydrogen-bond acceptors (Lipinski definition) is 5. The first-order chi connectivity index (χ1) is 11.5. The van der Waals surface area contributed by atoms with E-state index in [0.29, 0.717) is 6.54 Å². The van der Waals surface area contributed by atoms with Crippen LogP contribution >= 0.6 is 0 Å². The third-order valence-corrected chi connectivity index (χ3v) is 4.35. The van der Waals surface area contributed by atoms with Gasteiger partial charge >= 0.3 is 0 Å². The SMILES string of the molecule is CC(O)CCCc1cn(C2CCCN(c3cnn(C)c3)C2=O)nn1. The van der Waals surface area contributed by atoms with Crippen LogP contribution in [-0.2, 0) is 18.3 Å². The van der Waals surface area contributed by atoms with Crippen LogP contribution in [0.5, 0.6) is 0 Å². The van der Waals surface area contributed by atoms with Crippen molar-refractivity contribution < 1.29 is 9.90 Å². The zero-order valence-electron chi connectivity index (χ0n) is 14.2. The summed E-state index contributed by atoms with van der Waals surface area (Å²) in [6.07, 6.45) is 9.17. The van der Waals surface area contributed by atoms with Gasteiger partial charge in [-0.1, -0.05) is 5.21 Å². The molecule has 1 aliphatic rings. The summed E-state index contributed by atoms with van der Waals surface area (Å²) < 4.78 is 3.38. The molecule has 0 bridgehead atoms. The van der Waals surface area contributed by atoms with Gasteiger partial charge in [-0.25, -0.2) is 4.68 Å². The van der Waals surface area contributed by atoms with Gasteiger partial charge < -0.3 is 10.0 Å². The highest BCUT2D eigenvalue weighted by Gasteiger charge is 2.32. The van der Waals surface area contributed by atoms with E-state index >= 15 is 0 Å². The zero-order valence-corrected chi connectivity index (χ0v) is 14.2. The fraction of sp³-hybridized carbons (Fsp3) is 0.625. The number of rotatable bonds is 6. The maximum atomic E-state index is 12.8. The van der Waals surface area contributed by atoms with E-state index in [2.05, 4.69) is 15.4 Å². The van der Waals surface area contributed by atoms with E-state index in [9.17, 15) is 9.90 Å². The Kier molecular flexibility index (Phi) is 4.94. The topological polar surface area (TPSA) is 89.1 Å². The number of hydrogen-bond donors (Lipinski definition) is 1. The van der Waals surface area contributed by atoms with E-state index < -0.39 is 0 Å². The van der Waals surface area contributed by atoms with Crippen LogP contribution in [0.15, 0.2) is 18.6 Å².